The highest BCUT2D eigenvalue weighted by Gasteiger charge is 1.95. The maximum Gasteiger partial charge on any atom is 0.211 e. The Morgan fingerprint density at radius 2 is 1.82 bits per heavy atom. The van der Waals surface area contributed by atoms with Crippen molar-refractivity contribution in [1.29, 1.82) is 0 Å². The first-order valence-corrected chi connectivity index (χ1v) is 7.28. The third kappa shape index (κ3) is 6.37. The van der Waals surface area contributed by atoms with Crippen molar-refractivity contribution in [2.75, 3.05) is 11.1 Å². The summed E-state index contributed by atoms with van der Waals surface area (Å²) in [5.41, 5.74) is 0.854. The zero-order valence-corrected chi connectivity index (χ0v) is 11.3. The van der Waals surface area contributed by atoms with E-state index in [-0.39, 0.29) is 0 Å². The fraction of sp³-hybridized carbons (Fsp3) is 0.500. The van der Waals surface area contributed by atoms with Gasteiger partial charge in [-0.05, 0) is 36.4 Å². The van der Waals surface area contributed by atoms with E-state index in [2.05, 4.69) is 24.4 Å². The summed E-state index contributed by atoms with van der Waals surface area (Å²) in [6.45, 7) is 2.24. The number of anilines is 1. The molecule has 1 rings (SSSR count). The number of carbonyl (C=O) groups is 1. The molecule has 0 aromatic heterocycles. The molecule has 1 amide bonds. The van der Waals surface area contributed by atoms with E-state index < -0.39 is 0 Å². The fourth-order valence-corrected chi connectivity index (χ4v) is 2.52. The number of amides is 1. The van der Waals surface area contributed by atoms with E-state index in [1.807, 2.05) is 23.9 Å². The van der Waals surface area contributed by atoms with E-state index in [1.54, 1.807) is 0 Å². The number of carbonyl (C=O) groups excluding carboxylic acids is 1. The standard InChI is InChI=1S/C14H21NOS/c1-2-3-4-5-6-11-17-14-9-7-13(8-10-14)15-12-16/h7-10,12H,2-6,11H2,1H3,(H,15,16). The monoisotopic (exact) mass is 251 g/mol. The lowest BCUT2D eigenvalue weighted by atomic mass is 10.2. The first-order chi connectivity index (χ1) is 8.36. The fourth-order valence-electron chi connectivity index (χ4n) is 1.61. The van der Waals surface area contributed by atoms with Gasteiger partial charge in [0, 0.05) is 10.6 Å². The molecule has 17 heavy (non-hydrogen) atoms. The number of nitrogens with one attached hydrogen (secondary N) is 1. The Morgan fingerprint density at radius 3 is 2.47 bits per heavy atom. The van der Waals surface area contributed by atoms with Gasteiger partial charge in [-0.3, -0.25) is 4.79 Å². The Hall–Kier alpha value is -0.960. The maximum atomic E-state index is 10.2. The van der Waals surface area contributed by atoms with Gasteiger partial charge in [-0.1, -0.05) is 32.6 Å². The Labute approximate surface area is 108 Å². The highest BCUT2D eigenvalue weighted by Crippen LogP contribution is 2.21. The second-order valence-corrected chi connectivity index (χ2v) is 5.22. The number of hydrogen-bond donors (Lipinski definition) is 1. The lowest BCUT2D eigenvalue weighted by molar-refractivity contribution is -0.105. The molecule has 0 aliphatic carbocycles. The minimum absolute atomic E-state index is 0.704. The highest BCUT2D eigenvalue weighted by atomic mass is 32.2. The van der Waals surface area contributed by atoms with Gasteiger partial charge in [-0.15, -0.1) is 11.8 Å². The number of rotatable bonds is 9. The van der Waals surface area contributed by atoms with Crippen LogP contribution in [0, 0.1) is 0 Å². The van der Waals surface area contributed by atoms with Crippen molar-refractivity contribution >= 4 is 23.9 Å². The van der Waals surface area contributed by atoms with E-state index in [0.29, 0.717) is 6.41 Å². The molecule has 1 N–H and O–H groups in total. The smallest absolute Gasteiger partial charge is 0.211 e. The van der Waals surface area contributed by atoms with Gasteiger partial charge >= 0.3 is 0 Å². The predicted octanol–water partition coefficient (Wildman–Crippen LogP) is 4.32. The van der Waals surface area contributed by atoms with Gasteiger partial charge in [-0.2, -0.15) is 0 Å². The zero-order chi connectivity index (χ0) is 12.3. The number of benzene rings is 1. The van der Waals surface area contributed by atoms with Crippen LogP contribution in [0.2, 0.25) is 0 Å². The molecular formula is C14H21NOS. The summed E-state index contributed by atoms with van der Waals surface area (Å²) < 4.78 is 0. The van der Waals surface area contributed by atoms with Gasteiger partial charge in [0.25, 0.3) is 0 Å². The van der Waals surface area contributed by atoms with Crippen molar-refractivity contribution in [2.24, 2.45) is 0 Å². The molecule has 0 fully saturated rings. The van der Waals surface area contributed by atoms with Gasteiger partial charge in [0.1, 0.15) is 0 Å². The molecule has 0 spiro atoms. The predicted molar refractivity (Wildman–Crippen MR) is 75.6 cm³/mol. The average Bonchev–Trinajstić information content (AvgIpc) is 2.36. The van der Waals surface area contributed by atoms with E-state index in [4.69, 9.17) is 0 Å². The first-order valence-electron chi connectivity index (χ1n) is 6.30. The van der Waals surface area contributed by atoms with Crippen molar-refractivity contribution in [3.63, 3.8) is 0 Å². The molecule has 94 valence electrons. The largest absolute Gasteiger partial charge is 0.329 e. The molecule has 2 nitrogen and oxygen atoms in total. The molecule has 0 aliphatic rings. The quantitative estimate of drug-likeness (QED) is 0.402. The first kappa shape index (κ1) is 14.1. The Balaban J connectivity index is 2.16. The summed E-state index contributed by atoms with van der Waals surface area (Å²) in [4.78, 5) is 11.5. The molecule has 0 saturated heterocycles. The number of thioether (sulfide) groups is 1. The van der Waals surface area contributed by atoms with Gasteiger partial charge in [0.15, 0.2) is 0 Å². The van der Waals surface area contributed by atoms with Crippen LogP contribution in [0.15, 0.2) is 29.2 Å². The second kappa shape index (κ2) is 9.11. The van der Waals surface area contributed by atoms with E-state index in [9.17, 15) is 4.79 Å². The molecule has 1 aromatic rings. The van der Waals surface area contributed by atoms with Gasteiger partial charge in [0.05, 0.1) is 0 Å². The Morgan fingerprint density at radius 1 is 1.12 bits per heavy atom. The molecule has 0 unspecified atom stereocenters. The van der Waals surface area contributed by atoms with Crippen molar-refractivity contribution in [3.8, 4) is 0 Å². The van der Waals surface area contributed by atoms with Crippen LogP contribution in [-0.2, 0) is 4.79 Å². The number of unbranched alkanes of at least 4 members (excludes halogenated alkanes) is 4. The summed E-state index contributed by atoms with van der Waals surface area (Å²) in [7, 11) is 0. The van der Waals surface area contributed by atoms with Crippen LogP contribution in [0.25, 0.3) is 0 Å². The SMILES string of the molecule is CCCCCCCSc1ccc(NC=O)cc1. The van der Waals surface area contributed by atoms with Gasteiger partial charge in [0.2, 0.25) is 6.41 Å². The van der Waals surface area contributed by atoms with Crippen LogP contribution in [-0.4, -0.2) is 12.2 Å². The Kier molecular flexibility index (Phi) is 7.56. The summed E-state index contributed by atoms with van der Waals surface area (Å²) in [5, 5.41) is 2.64. The lowest BCUT2D eigenvalue weighted by Crippen LogP contribution is -1.92. The van der Waals surface area contributed by atoms with Gasteiger partial charge in [-0.25, -0.2) is 0 Å². The molecule has 0 radical (unpaired) electrons. The normalized spacial score (nSPS) is 10.2. The van der Waals surface area contributed by atoms with Crippen molar-refractivity contribution < 1.29 is 4.79 Å². The molecule has 0 heterocycles. The maximum absolute atomic E-state index is 10.2. The summed E-state index contributed by atoms with van der Waals surface area (Å²) in [5.74, 6) is 1.18. The van der Waals surface area contributed by atoms with Crippen LogP contribution in [0.1, 0.15) is 39.0 Å². The van der Waals surface area contributed by atoms with E-state index in [0.717, 1.165) is 5.69 Å². The van der Waals surface area contributed by atoms with Crippen molar-refractivity contribution in [1.82, 2.24) is 0 Å². The average molecular weight is 251 g/mol. The topological polar surface area (TPSA) is 29.1 Å². The summed E-state index contributed by atoms with van der Waals surface area (Å²) >= 11 is 1.89. The molecule has 1 aromatic carbocycles. The lowest BCUT2D eigenvalue weighted by Gasteiger charge is -2.03. The molecule has 0 atom stereocenters. The van der Waals surface area contributed by atoms with Crippen LogP contribution in [0.5, 0.6) is 0 Å². The summed E-state index contributed by atoms with van der Waals surface area (Å²) in [6, 6.07) is 7.99. The van der Waals surface area contributed by atoms with Crippen LogP contribution in [0.4, 0.5) is 5.69 Å². The van der Waals surface area contributed by atoms with Crippen LogP contribution in [0.3, 0.4) is 0 Å². The van der Waals surface area contributed by atoms with Crippen LogP contribution < -0.4 is 5.32 Å². The van der Waals surface area contributed by atoms with Gasteiger partial charge < -0.3 is 5.32 Å². The molecule has 0 saturated carbocycles. The highest BCUT2D eigenvalue weighted by molar-refractivity contribution is 7.99. The molecular weight excluding hydrogens is 230 g/mol. The third-order valence-electron chi connectivity index (χ3n) is 2.60. The zero-order valence-electron chi connectivity index (χ0n) is 10.4. The molecule has 0 aliphatic heterocycles. The minimum Gasteiger partial charge on any atom is -0.329 e. The molecule has 0 bridgehead atoms. The van der Waals surface area contributed by atoms with E-state index in [1.165, 1.54) is 42.8 Å². The third-order valence-corrected chi connectivity index (χ3v) is 3.69. The second-order valence-electron chi connectivity index (χ2n) is 4.05. The number of hydrogen-bond acceptors (Lipinski definition) is 2. The summed E-state index contributed by atoms with van der Waals surface area (Å²) in [6.07, 6.45) is 7.36. The van der Waals surface area contributed by atoms with Crippen molar-refractivity contribution in [3.05, 3.63) is 24.3 Å². The minimum atomic E-state index is 0.704. The van der Waals surface area contributed by atoms with Crippen LogP contribution >= 0.6 is 11.8 Å². The van der Waals surface area contributed by atoms with E-state index >= 15 is 0 Å². The molecule has 3 heteroatoms. The van der Waals surface area contributed by atoms with Crippen molar-refractivity contribution in [2.45, 2.75) is 43.9 Å². The Bertz CT molecular complexity index is 311.